The van der Waals surface area contributed by atoms with E-state index in [0.29, 0.717) is 17.5 Å². The van der Waals surface area contributed by atoms with Gasteiger partial charge in [0.2, 0.25) is 53.2 Å². The maximum Gasteiger partial charge on any atom is 0.306 e. The number of hydrogen-bond acceptors (Lipinski definition) is 15. The van der Waals surface area contributed by atoms with Crippen LogP contribution in [0, 0.1) is 5.92 Å². The molecule has 4 aromatic rings. The number of likely N-dealkylation sites (tertiary alicyclic amines) is 1. The van der Waals surface area contributed by atoms with Crippen LogP contribution in [0.2, 0.25) is 0 Å². The van der Waals surface area contributed by atoms with Gasteiger partial charge >= 0.3 is 5.97 Å². The first-order valence-electron chi connectivity index (χ1n) is 27.2. The quantitative estimate of drug-likeness (QED) is 0.0111. The summed E-state index contributed by atoms with van der Waals surface area (Å²) in [7, 11) is 0. The van der Waals surface area contributed by atoms with Gasteiger partial charge in [-0.1, -0.05) is 74.5 Å². The molecule has 1 fully saturated rings. The summed E-state index contributed by atoms with van der Waals surface area (Å²) in [6.45, 7) is 1.70. The number of nitrogens with two attached hydrogens (primary N) is 4. The Kier molecular flexibility index (Phi) is 27.4. The molecule has 2 heterocycles. The van der Waals surface area contributed by atoms with Crippen LogP contribution in [0.25, 0.3) is 10.9 Å². The fourth-order valence-electron chi connectivity index (χ4n) is 9.11. The molecular formula is C56H77ClN14O13. The molecule has 0 spiro atoms. The van der Waals surface area contributed by atoms with E-state index < -0.39 is 121 Å². The molecule has 5 rings (SSSR count). The lowest BCUT2D eigenvalue weighted by Crippen LogP contribution is -2.60. The van der Waals surface area contributed by atoms with Crippen molar-refractivity contribution in [2.45, 2.75) is 121 Å². The topological polar surface area (TPSA) is 440 Å². The number of carbonyl (C=O) groups excluding carboxylic acids is 10. The van der Waals surface area contributed by atoms with Crippen molar-refractivity contribution in [2.24, 2.45) is 33.8 Å². The molecule has 1 saturated heterocycles. The van der Waals surface area contributed by atoms with Crippen molar-refractivity contribution >= 4 is 88.4 Å². The van der Waals surface area contributed by atoms with Crippen LogP contribution in [0.1, 0.15) is 75.5 Å². The summed E-state index contributed by atoms with van der Waals surface area (Å²) in [5.41, 5.74) is 24.9. The minimum atomic E-state index is -1.72. The maximum absolute atomic E-state index is 14.2. The molecule has 28 heteroatoms. The van der Waals surface area contributed by atoms with Gasteiger partial charge in [0.1, 0.15) is 48.6 Å². The zero-order valence-corrected chi connectivity index (χ0v) is 47.6. The van der Waals surface area contributed by atoms with Crippen LogP contribution < -0.4 is 60.2 Å². The highest BCUT2D eigenvalue weighted by Gasteiger charge is 2.39. The van der Waals surface area contributed by atoms with E-state index in [-0.39, 0.29) is 101 Å². The molecule has 1 aliphatic heterocycles. The highest BCUT2D eigenvalue weighted by Crippen LogP contribution is 2.22. The fourth-order valence-corrected chi connectivity index (χ4v) is 9.11. The van der Waals surface area contributed by atoms with E-state index in [4.69, 9.17) is 27.7 Å². The molecule has 0 radical (unpaired) electrons. The number of para-hydroxylation sites is 1. The van der Waals surface area contributed by atoms with E-state index in [1.165, 1.54) is 29.2 Å². The molecule has 7 atom stereocenters. The Morgan fingerprint density at radius 3 is 2.02 bits per heavy atom. The molecule has 9 amide bonds. The zero-order valence-electron chi connectivity index (χ0n) is 46.8. The normalized spacial score (nSPS) is 14.9. The van der Waals surface area contributed by atoms with E-state index in [0.717, 1.165) is 16.5 Å². The third-order valence-electron chi connectivity index (χ3n) is 13.4. The minimum Gasteiger partial charge on any atom is -0.508 e. The second kappa shape index (κ2) is 33.9. The van der Waals surface area contributed by atoms with Crippen LogP contribution in [-0.2, 0) is 72.1 Å². The maximum atomic E-state index is 14.2. The monoisotopic (exact) mass is 1190 g/mol. The summed E-state index contributed by atoms with van der Waals surface area (Å²) in [6.07, 6.45) is 1.99. The summed E-state index contributed by atoms with van der Waals surface area (Å²) < 4.78 is 5.31. The number of primary amides is 1. The number of nitrogens with one attached hydrogen (secondary N) is 8. The number of nitrogens with zero attached hydrogens (tertiary/aromatic N) is 2. The molecule has 27 nitrogen and oxygen atoms in total. The average Bonchev–Trinajstić information content (AvgIpc) is 3.72. The number of rotatable bonds is 32. The average molecular weight is 1190 g/mol. The molecule has 1 aromatic heterocycles. The number of aromatic amines is 1. The van der Waals surface area contributed by atoms with Gasteiger partial charge in [-0.15, -0.1) is 12.4 Å². The summed E-state index contributed by atoms with van der Waals surface area (Å²) in [6, 6.07) is 12.5. The Labute approximate surface area is 491 Å². The van der Waals surface area contributed by atoms with Crippen LogP contribution in [0.4, 0.5) is 0 Å². The number of benzene rings is 3. The number of aliphatic hydroxyl groups excluding tert-OH is 1. The van der Waals surface area contributed by atoms with Gasteiger partial charge in [0, 0.05) is 49.5 Å². The van der Waals surface area contributed by atoms with Gasteiger partial charge in [0.25, 0.3) is 0 Å². The number of phenolic OH excluding ortho intramolecular Hbond substituents is 1. The van der Waals surface area contributed by atoms with Gasteiger partial charge in [-0.3, -0.25) is 52.9 Å². The number of aliphatic imine (C=N–C) groups is 1. The Morgan fingerprint density at radius 2 is 1.35 bits per heavy atom. The van der Waals surface area contributed by atoms with Gasteiger partial charge in [-0.2, -0.15) is 0 Å². The standard InChI is InChI=1S/C56H76N14O13.ClH/c1-32(2)24-41(51(78)66-40(14-8-22-61-56(59)60)55(82)70-23-9-15-45(70)54(81)63-28-46(58)73)65-47(74)29-64-50(77)42(25-33-16-18-36(72)19-17-33)68-53(80)44(30-71)69-52(79)43(26-35-27-62-39-13-7-6-12-37(35)39)67-49(76)38(57)20-21-48(75)83-31-34-10-4-3-5-11-34;/h3-7,10-13,16-19,27,32,38,40-45,62,71-72H,8-9,14-15,20-26,28-31,57H2,1-2H3,(H2,58,73)(H,63,81)(H,64,77)(H,65,74)(H,66,78)(H,67,76)(H,68,80)(H,69,79)(H4,59,60,61);1H/t38-,40-,41-,42-,43-,44-,45-;/m0./s1. The van der Waals surface area contributed by atoms with E-state index >= 15 is 0 Å². The first-order chi connectivity index (χ1) is 39.6. The number of esters is 1. The van der Waals surface area contributed by atoms with Gasteiger partial charge in [-0.05, 0) is 79.3 Å². The van der Waals surface area contributed by atoms with Crippen LogP contribution in [0.5, 0.6) is 5.75 Å². The number of halogens is 1. The summed E-state index contributed by atoms with van der Waals surface area (Å²) in [5, 5.41) is 39.0. The first-order valence-corrected chi connectivity index (χ1v) is 27.2. The predicted molar refractivity (Wildman–Crippen MR) is 311 cm³/mol. The molecule has 3 aromatic carbocycles. The van der Waals surface area contributed by atoms with Crippen molar-refractivity contribution in [3.05, 3.63) is 102 Å². The molecule has 456 valence electrons. The van der Waals surface area contributed by atoms with Crippen molar-refractivity contribution in [1.82, 2.24) is 47.1 Å². The Balaban J connectivity index is 0.0000151. The minimum absolute atomic E-state index is 0. The van der Waals surface area contributed by atoms with E-state index in [1.807, 2.05) is 12.1 Å². The van der Waals surface area contributed by atoms with Crippen LogP contribution in [0.3, 0.4) is 0 Å². The lowest BCUT2D eigenvalue weighted by Gasteiger charge is -2.30. The lowest BCUT2D eigenvalue weighted by atomic mass is 10.0. The van der Waals surface area contributed by atoms with Crippen LogP contribution >= 0.6 is 12.4 Å². The number of hydrogen-bond donors (Lipinski definition) is 14. The fraction of sp³-hybridized carbons (Fsp3) is 0.446. The third kappa shape index (κ3) is 21.8. The summed E-state index contributed by atoms with van der Waals surface area (Å²) in [4.78, 5) is 143. The number of fused-ring (bicyclic) bond motifs is 1. The second-order valence-electron chi connectivity index (χ2n) is 20.4. The molecule has 18 N–H and O–H groups in total. The van der Waals surface area contributed by atoms with Gasteiger partial charge in [0.15, 0.2) is 5.96 Å². The number of ether oxygens (including phenoxy) is 1. The number of carbonyl (C=O) groups is 10. The van der Waals surface area contributed by atoms with Crippen LogP contribution in [0.15, 0.2) is 90.1 Å². The second-order valence-corrected chi connectivity index (χ2v) is 20.4. The van der Waals surface area contributed by atoms with Crippen molar-refractivity contribution in [1.29, 1.82) is 0 Å². The van der Waals surface area contributed by atoms with Gasteiger partial charge in [-0.25, -0.2) is 0 Å². The largest absolute Gasteiger partial charge is 0.508 e. The number of aliphatic hydroxyl groups is 1. The smallest absolute Gasteiger partial charge is 0.306 e. The van der Waals surface area contributed by atoms with Crippen LogP contribution in [-0.4, -0.2) is 160 Å². The molecule has 0 bridgehead atoms. The number of guanidine groups is 1. The first kappa shape index (κ1) is 67.7. The van der Waals surface area contributed by atoms with Crippen molar-refractivity contribution in [3.63, 3.8) is 0 Å². The number of amides is 9. The Morgan fingerprint density at radius 1 is 0.714 bits per heavy atom. The molecular weight excluding hydrogens is 1110 g/mol. The van der Waals surface area contributed by atoms with Crippen molar-refractivity contribution < 1.29 is 62.9 Å². The zero-order chi connectivity index (χ0) is 60.6. The number of aromatic hydroxyl groups is 1. The molecule has 0 unspecified atom stereocenters. The number of H-pyrrole nitrogens is 1. The van der Waals surface area contributed by atoms with Gasteiger partial charge < -0.3 is 85.0 Å². The van der Waals surface area contributed by atoms with Crippen molar-refractivity contribution in [3.8, 4) is 5.75 Å². The predicted octanol–water partition coefficient (Wildman–Crippen LogP) is -1.84. The molecule has 0 saturated carbocycles. The highest BCUT2D eigenvalue weighted by atomic mass is 35.5. The number of phenols is 1. The lowest BCUT2D eigenvalue weighted by molar-refractivity contribution is -0.145. The molecule has 1 aliphatic rings. The van der Waals surface area contributed by atoms with E-state index in [9.17, 15) is 58.2 Å². The van der Waals surface area contributed by atoms with Gasteiger partial charge in [0.05, 0.1) is 25.7 Å². The summed E-state index contributed by atoms with van der Waals surface area (Å²) in [5.74, 6) is -8.35. The Bertz CT molecular complexity index is 2920. The Hall–Kier alpha value is -8.82. The number of aromatic nitrogens is 1. The van der Waals surface area contributed by atoms with Crippen molar-refractivity contribution in [2.75, 3.05) is 32.8 Å². The highest BCUT2D eigenvalue weighted by molar-refractivity contribution is 5.98. The molecule has 84 heavy (non-hydrogen) atoms. The van der Waals surface area contributed by atoms with E-state index in [1.54, 1.807) is 62.5 Å². The summed E-state index contributed by atoms with van der Waals surface area (Å²) >= 11 is 0. The third-order valence-corrected chi connectivity index (χ3v) is 13.4. The van der Waals surface area contributed by atoms with E-state index in [2.05, 4.69) is 47.2 Å². The molecule has 0 aliphatic carbocycles. The SMILES string of the molecule is CC(C)C[C@H](NC(=O)CNC(=O)[C@H](Cc1ccc(O)cc1)NC(=O)[C@H](CO)NC(=O)[C@H](Cc1c[nH]c2ccccc12)NC(=O)[C@@H](N)CCC(=O)OCc1ccccc1)C(=O)N[C@@H](CCCN=C(N)N)C(=O)N1CCC[C@H]1C(=O)NCC(N)=O.Cl.